The van der Waals surface area contributed by atoms with Crippen molar-refractivity contribution in [3.05, 3.63) is 27.1 Å². The highest BCUT2D eigenvalue weighted by Crippen LogP contribution is 2.38. The number of likely N-dealkylation sites (N-methyl/N-ethyl adjacent to an activating group) is 1. The van der Waals surface area contributed by atoms with E-state index in [4.69, 9.17) is 14.2 Å². The standard InChI is InChI=1S/C18H20BrNO6S/c1-4-20-17(22)15(27-18(20)23)8-11-7-13(24-5-2)14(9-12(11)19)26-10-16(21)25-6-3/h7-9H,4-6,10H2,1-3H3/b15-8-. The third-order valence-electron chi connectivity index (χ3n) is 3.49. The largest absolute Gasteiger partial charge is 0.490 e. The van der Waals surface area contributed by atoms with Crippen molar-refractivity contribution in [2.45, 2.75) is 20.8 Å². The summed E-state index contributed by atoms with van der Waals surface area (Å²) < 4.78 is 16.6. The lowest BCUT2D eigenvalue weighted by molar-refractivity contribution is -0.145. The molecule has 2 rings (SSSR count). The number of thioether (sulfide) groups is 1. The first-order valence-electron chi connectivity index (χ1n) is 8.41. The molecule has 0 saturated carbocycles. The Hall–Kier alpha value is -2.00. The molecule has 0 aliphatic carbocycles. The zero-order valence-corrected chi connectivity index (χ0v) is 17.6. The first kappa shape index (κ1) is 21.3. The van der Waals surface area contributed by atoms with Gasteiger partial charge >= 0.3 is 5.97 Å². The average Bonchev–Trinajstić information content (AvgIpc) is 2.89. The van der Waals surface area contributed by atoms with Gasteiger partial charge in [-0.2, -0.15) is 0 Å². The van der Waals surface area contributed by atoms with E-state index in [1.165, 1.54) is 4.90 Å². The van der Waals surface area contributed by atoms with Gasteiger partial charge in [-0.1, -0.05) is 15.9 Å². The number of hydrogen-bond donors (Lipinski definition) is 0. The molecular formula is C18H20BrNO6S. The number of nitrogens with zero attached hydrogens (tertiary/aromatic N) is 1. The molecule has 0 N–H and O–H groups in total. The molecule has 1 aromatic rings. The maximum atomic E-state index is 12.3. The number of hydrogen-bond acceptors (Lipinski definition) is 7. The van der Waals surface area contributed by atoms with Crippen molar-refractivity contribution < 1.29 is 28.6 Å². The molecule has 0 atom stereocenters. The van der Waals surface area contributed by atoms with E-state index < -0.39 is 5.97 Å². The quantitative estimate of drug-likeness (QED) is 0.432. The lowest BCUT2D eigenvalue weighted by atomic mass is 10.2. The van der Waals surface area contributed by atoms with Crippen LogP contribution in [-0.4, -0.2) is 48.4 Å². The highest BCUT2D eigenvalue weighted by Gasteiger charge is 2.33. The predicted molar refractivity (Wildman–Crippen MR) is 106 cm³/mol. The SMILES string of the molecule is CCOC(=O)COc1cc(Br)c(/C=C2\SC(=O)N(CC)C2=O)cc1OCC. The summed E-state index contributed by atoms with van der Waals surface area (Å²) in [4.78, 5) is 37.2. The molecule has 1 saturated heterocycles. The first-order valence-corrected chi connectivity index (χ1v) is 10.0. The lowest BCUT2D eigenvalue weighted by Gasteiger charge is -2.14. The van der Waals surface area contributed by atoms with Crippen molar-refractivity contribution in [2.24, 2.45) is 0 Å². The molecule has 0 bridgehead atoms. The first-order chi connectivity index (χ1) is 12.9. The van der Waals surface area contributed by atoms with Crippen LogP contribution < -0.4 is 9.47 Å². The number of carbonyl (C=O) groups excluding carboxylic acids is 3. The van der Waals surface area contributed by atoms with E-state index in [2.05, 4.69) is 15.9 Å². The second kappa shape index (κ2) is 9.80. The van der Waals surface area contributed by atoms with Crippen molar-refractivity contribution in [3.63, 3.8) is 0 Å². The Kier molecular flexibility index (Phi) is 7.73. The fourth-order valence-electron chi connectivity index (χ4n) is 2.30. The molecule has 7 nitrogen and oxygen atoms in total. The molecule has 1 aliphatic heterocycles. The maximum absolute atomic E-state index is 12.3. The van der Waals surface area contributed by atoms with Crippen LogP contribution in [0, 0.1) is 0 Å². The summed E-state index contributed by atoms with van der Waals surface area (Å²) in [6, 6.07) is 3.34. The summed E-state index contributed by atoms with van der Waals surface area (Å²) in [6.45, 7) is 6.04. The third kappa shape index (κ3) is 5.26. The van der Waals surface area contributed by atoms with Gasteiger partial charge in [0.25, 0.3) is 11.1 Å². The Morgan fingerprint density at radius 2 is 1.85 bits per heavy atom. The Bertz CT molecular complexity index is 779. The zero-order valence-electron chi connectivity index (χ0n) is 15.2. The van der Waals surface area contributed by atoms with E-state index in [0.29, 0.717) is 39.6 Å². The maximum Gasteiger partial charge on any atom is 0.344 e. The van der Waals surface area contributed by atoms with Gasteiger partial charge in [-0.05, 0) is 56.3 Å². The van der Waals surface area contributed by atoms with E-state index in [-0.39, 0.29) is 24.4 Å². The summed E-state index contributed by atoms with van der Waals surface area (Å²) in [5.41, 5.74) is 0.656. The molecular weight excluding hydrogens is 438 g/mol. The zero-order chi connectivity index (χ0) is 20.0. The third-order valence-corrected chi connectivity index (χ3v) is 5.08. The van der Waals surface area contributed by atoms with Gasteiger partial charge in [0.15, 0.2) is 18.1 Å². The molecule has 2 amide bonds. The monoisotopic (exact) mass is 457 g/mol. The van der Waals surface area contributed by atoms with E-state index >= 15 is 0 Å². The molecule has 27 heavy (non-hydrogen) atoms. The molecule has 1 aliphatic rings. The van der Waals surface area contributed by atoms with Crippen LogP contribution in [0.4, 0.5) is 4.79 Å². The number of benzene rings is 1. The number of amides is 2. The second-order valence-corrected chi connectivity index (χ2v) is 7.12. The van der Waals surface area contributed by atoms with Gasteiger partial charge in [0.05, 0.1) is 18.1 Å². The van der Waals surface area contributed by atoms with E-state index in [1.807, 2.05) is 6.92 Å². The number of esters is 1. The summed E-state index contributed by atoms with van der Waals surface area (Å²) in [5.74, 6) is -0.00468. The summed E-state index contributed by atoms with van der Waals surface area (Å²) in [6.07, 6.45) is 1.63. The number of rotatable bonds is 8. The Morgan fingerprint density at radius 1 is 1.15 bits per heavy atom. The average molecular weight is 458 g/mol. The summed E-state index contributed by atoms with van der Waals surface area (Å²) in [5, 5.41) is -0.288. The van der Waals surface area contributed by atoms with E-state index in [9.17, 15) is 14.4 Å². The fourth-order valence-corrected chi connectivity index (χ4v) is 3.63. The molecule has 1 heterocycles. The fraction of sp³-hybridized carbons (Fsp3) is 0.389. The minimum absolute atomic E-state index is 0.241. The van der Waals surface area contributed by atoms with Crippen LogP contribution in [0.5, 0.6) is 11.5 Å². The summed E-state index contributed by atoms with van der Waals surface area (Å²) in [7, 11) is 0. The lowest BCUT2D eigenvalue weighted by Crippen LogP contribution is -2.27. The van der Waals surface area contributed by atoms with Crippen LogP contribution in [0.25, 0.3) is 6.08 Å². The van der Waals surface area contributed by atoms with Crippen LogP contribution in [0.3, 0.4) is 0 Å². The van der Waals surface area contributed by atoms with Gasteiger partial charge < -0.3 is 14.2 Å². The Labute approximate surface area is 170 Å². The Morgan fingerprint density at radius 3 is 2.44 bits per heavy atom. The number of ether oxygens (including phenoxy) is 3. The van der Waals surface area contributed by atoms with Crippen molar-refractivity contribution in [1.29, 1.82) is 0 Å². The second-order valence-electron chi connectivity index (χ2n) is 5.27. The Balaban J connectivity index is 2.29. The van der Waals surface area contributed by atoms with Gasteiger partial charge in [-0.15, -0.1) is 0 Å². The number of imide groups is 1. The minimum Gasteiger partial charge on any atom is -0.490 e. The van der Waals surface area contributed by atoms with Gasteiger partial charge in [0, 0.05) is 11.0 Å². The molecule has 146 valence electrons. The van der Waals surface area contributed by atoms with E-state index in [1.54, 1.807) is 32.1 Å². The van der Waals surface area contributed by atoms with Gasteiger partial charge in [-0.3, -0.25) is 14.5 Å². The molecule has 1 fully saturated rings. The highest BCUT2D eigenvalue weighted by molar-refractivity contribution is 9.10. The van der Waals surface area contributed by atoms with Crippen LogP contribution in [0.2, 0.25) is 0 Å². The van der Waals surface area contributed by atoms with Crippen molar-refractivity contribution >= 4 is 50.9 Å². The number of halogens is 1. The predicted octanol–water partition coefficient (Wildman–Crippen LogP) is 3.85. The molecule has 0 radical (unpaired) electrons. The molecule has 9 heteroatoms. The molecule has 0 spiro atoms. The number of carbonyl (C=O) groups is 3. The van der Waals surface area contributed by atoms with Gasteiger partial charge in [-0.25, -0.2) is 4.79 Å². The normalized spacial score (nSPS) is 15.4. The van der Waals surface area contributed by atoms with E-state index in [0.717, 1.165) is 11.8 Å². The van der Waals surface area contributed by atoms with Crippen molar-refractivity contribution in [2.75, 3.05) is 26.4 Å². The molecule has 1 aromatic carbocycles. The summed E-state index contributed by atoms with van der Waals surface area (Å²) >= 11 is 4.33. The van der Waals surface area contributed by atoms with Crippen LogP contribution >= 0.6 is 27.7 Å². The van der Waals surface area contributed by atoms with Crippen LogP contribution in [0.1, 0.15) is 26.3 Å². The topological polar surface area (TPSA) is 82.1 Å². The van der Waals surface area contributed by atoms with Gasteiger partial charge in [0.1, 0.15) is 0 Å². The smallest absolute Gasteiger partial charge is 0.344 e. The van der Waals surface area contributed by atoms with Crippen molar-refractivity contribution in [3.8, 4) is 11.5 Å². The molecule has 0 aromatic heterocycles. The van der Waals surface area contributed by atoms with Crippen molar-refractivity contribution in [1.82, 2.24) is 4.90 Å². The molecule has 0 unspecified atom stereocenters. The minimum atomic E-state index is -0.478. The van der Waals surface area contributed by atoms with Crippen LogP contribution in [0.15, 0.2) is 21.5 Å². The van der Waals surface area contributed by atoms with Gasteiger partial charge in [0.2, 0.25) is 0 Å². The highest BCUT2D eigenvalue weighted by atomic mass is 79.9. The van der Waals surface area contributed by atoms with Crippen LogP contribution in [-0.2, 0) is 14.3 Å².